The number of carbonyl (C=O) groups excluding carboxylic acids is 1. The zero-order valence-corrected chi connectivity index (χ0v) is 17.5. The second-order valence-corrected chi connectivity index (χ2v) is 8.67. The van der Waals surface area contributed by atoms with Crippen LogP contribution in [0.4, 0.5) is 5.00 Å². The van der Waals surface area contributed by atoms with Crippen molar-refractivity contribution in [2.24, 2.45) is 0 Å². The highest BCUT2D eigenvalue weighted by molar-refractivity contribution is 7.99. The summed E-state index contributed by atoms with van der Waals surface area (Å²) >= 11 is 2.97. The first-order valence-electron chi connectivity index (χ1n) is 9.57. The fraction of sp³-hybridized carbons (Fsp3) is 0.579. The van der Waals surface area contributed by atoms with E-state index in [1.807, 2.05) is 0 Å². The van der Waals surface area contributed by atoms with Crippen molar-refractivity contribution in [3.8, 4) is 6.07 Å². The zero-order chi connectivity index (χ0) is 19.2. The van der Waals surface area contributed by atoms with Crippen molar-refractivity contribution < 1.29 is 4.79 Å². The van der Waals surface area contributed by atoms with E-state index >= 15 is 0 Å². The molecule has 0 saturated heterocycles. The van der Waals surface area contributed by atoms with Crippen LogP contribution in [-0.4, -0.2) is 26.4 Å². The largest absolute Gasteiger partial charge is 0.316 e. The smallest absolute Gasteiger partial charge is 0.235 e. The molecule has 0 saturated carbocycles. The van der Waals surface area contributed by atoms with E-state index in [0.717, 1.165) is 61.6 Å². The number of nitriles is 1. The van der Waals surface area contributed by atoms with E-state index < -0.39 is 0 Å². The third kappa shape index (κ3) is 4.53. The molecule has 0 atom stereocenters. The summed E-state index contributed by atoms with van der Waals surface area (Å²) in [7, 11) is 0. The molecule has 0 unspecified atom stereocenters. The summed E-state index contributed by atoms with van der Waals surface area (Å²) < 4.78 is 2.09. The lowest BCUT2D eigenvalue weighted by molar-refractivity contribution is -0.113. The lowest BCUT2D eigenvalue weighted by atomic mass is 10.1. The number of hydrogen-bond donors (Lipinski definition) is 1. The van der Waals surface area contributed by atoms with Crippen LogP contribution in [0.15, 0.2) is 5.16 Å². The number of carbonyl (C=O) groups is 1. The average molecular weight is 404 g/mol. The molecule has 1 N–H and O–H groups in total. The maximum absolute atomic E-state index is 12.5. The Hall–Kier alpha value is -1.85. The minimum Gasteiger partial charge on any atom is -0.316 e. The van der Waals surface area contributed by atoms with Gasteiger partial charge in [0, 0.05) is 17.8 Å². The summed E-state index contributed by atoms with van der Waals surface area (Å²) in [6.07, 6.45) is 7.27. The molecule has 8 heteroatoms. The number of amides is 1. The first-order valence-corrected chi connectivity index (χ1v) is 11.4. The number of hydrogen-bond acceptors (Lipinski definition) is 6. The molecule has 1 aliphatic rings. The molecule has 0 radical (unpaired) electrons. The summed E-state index contributed by atoms with van der Waals surface area (Å²) in [4.78, 5) is 13.8. The Morgan fingerprint density at radius 3 is 2.85 bits per heavy atom. The Balaban J connectivity index is 1.67. The van der Waals surface area contributed by atoms with E-state index in [4.69, 9.17) is 0 Å². The molecular weight excluding hydrogens is 378 g/mol. The van der Waals surface area contributed by atoms with Gasteiger partial charge in [-0.05, 0) is 37.7 Å². The van der Waals surface area contributed by atoms with Crippen LogP contribution >= 0.6 is 23.1 Å². The summed E-state index contributed by atoms with van der Waals surface area (Å²) in [6.45, 7) is 5.03. The molecule has 1 aliphatic carbocycles. The van der Waals surface area contributed by atoms with Crippen LogP contribution < -0.4 is 5.32 Å². The van der Waals surface area contributed by atoms with Crippen LogP contribution in [0, 0.1) is 11.3 Å². The maximum Gasteiger partial charge on any atom is 0.235 e. The summed E-state index contributed by atoms with van der Waals surface area (Å²) in [5, 5.41) is 22.5. The van der Waals surface area contributed by atoms with Gasteiger partial charge in [-0.1, -0.05) is 32.0 Å². The normalized spacial score (nSPS) is 13.7. The van der Waals surface area contributed by atoms with Gasteiger partial charge < -0.3 is 9.88 Å². The number of aromatic nitrogens is 3. The highest BCUT2D eigenvalue weighted by Crippen LogP contribution is 2.37. The lowest BCUT2D eigenvalue weighted by Gasteiger charge is -2.07. The Morgan fingerprint density at radius 2 is 2.11 bits per heavy atom. The highest BCUT2D eigenvalue weighted by atomic mass is 32.2. The third-order valence-corrected chi connectivity index (χ3v) is 6.85. The van der Waals surface area contributed by atoms with Crippen molar-refractivity contribution in [3.05, 3.63) is 21.8 Å². The fourth-order valence-electron chi connectivity index (χ4n) is 3.38. The summed E-state index contributed by atoms with van der Waals surface area (Å²) in [5.74, 6) is 1.12. The molecule has 2 aromatic rings. The van der Waals surface area contributed by atoms with Crippen LogP contribution in [0.2, 0.25) is 0 Å². The van der Waals surface area contributed by atoms with Crippen molar-refractivity contribution in [2.75, 3.05) is 11.1 Å². The van der Waals surface area contributed by atoms with E-state index in [1.165, 1.54) is 23.1 Å². The van der Waals surface area contributed by atoms with Gasteiger partial charge in [-0.15, -0.1) is 21.5 Å². The number of thiophene rings is 1. The standard InChI is InChI=1S/C19H25N5OS2/c1-3-10-24-16(4-2)22-23-19(24)26-12-17(25)21-18-14(11-20)13-8-6-5-7-9-15(13)27-18/h3-10,12H2,1-2H3,(H,21,25). The molecule has 0 aromatic carbocycles. The molecule has 0 spiro atoms. The Bertz CT molecular complexity index is 849. The molecule has 0 bridgehead atoms. The van der Waals surface area contributed by atoms with Gasteiger partial charge in [-0.2, -0.15) is 5.26 Å². The molecule has 6 nitrogen and oxygen atoms in total. The number of rotatable bonds is 7. The van der Waals surface area contributed by atoms with Crippen LogP contribution in [0.5, 0.6) is 0 Å². The van der Waals surface area contributed by atoms with Crippen LogP contribution in [0.1, 0.15) is 61.4 Å². The van der Waals surface area contributed by atoms with Gasteiger partial charge in [-0.3, -0.25) is 4.79 Å². The van der Waals surface area contributed by atoms with E-state index in [-0.39, 0.29) is 11.7 Å². The van der Waals surface area contributed by atoms with Crippen LogP contribution in [0.25, 0.3) is 0 Å². The molecule has 1 amide bonds. The Labute approximate surface area is 168 Å². The van der Waals surface area contributed by atoms with E-state index in [0.29, 0.717) is 10.6 Å². The van der Waals surface area contributed by atoms with Crippen molar-refractivity contribution in [1.29, 1.82) is 5.26 Å². The third-order valence-electron chi connectivity index (χ3n) is 4.68. The van der Waals surface area contributed by atoms with Gasteiger partial charge in [0.15, 0.2) is 5.16 Å². The van der Waals surface area contributed by atoms with Crippen molar-refractivity contribution in [1.82, 2.24) is 14.8 Å². The van der Waals surface area contributed by atoms with Crippen molar-refractivity contribution in [3.63, 3.8) is 0 Å². The fourth-order valence-corrected chi connectivity index (χ4v) is 5.42. The molecule has 2 aromatic heterocycles. The number of thioether (sulfide) groups is 1. The van der Waals surface area contributed by atoms with Crippen LogP contribution in [-0.2, 0) is 30.6 Å². The molecule has 144 valence electrons. The van der Waals surface area contributed by atoms with Crippen LogP contribution in [0.3, 0.4) is 0 Å². The number of aryl methyl sites for hydroxylation is 2. The topological polar surface area (TPSA) is 83.6 Å². The number of nitrogens with one attached hydrogen (secondary N) is 1. The van der Waals surface area contributed by atoms with Gasteiger partial charge in [0.25, 0.3) is 0 Å². The predicted octanol–water partition coefficient (Wildman–Crippen LogP) is 4.18. The Kier molecular flexibility index (Phi) is 6.91. The SMILES string of the molecule is CCCn1c(CC)nnc1SCC(=O)Nc1sc2c(c1C#N)CCCCC2. The zero-order valence-electron chi connectivity index (χ0n) is 15.9. The van der Waals surface area contributed by atoms with Gasteiger partial charge in [0.1, 0.15) is 16.9 Å². The maximum atomic E-state index is 12.5. The number of nitrogens with zero attached hydrogens (tertiary/aromatic N) is 4. The summed E-state index contributed by atoms with van der Waals surface area (Å²) in [5.41, 5.74) is 1.82. The molecule has 27 heavy (non-hydrogen) atoms. The Morgan fingerprint density at radius 1 is 1.30 bits per heavy atom. The minimum atomic E-state index is -0.1000. The van der Waals surface area contributed by atoms with Gasteiger partial charge in [0.2, 0.25) is 5.91 Å². The number of fused-ring (bicyclic) bond motifs is 1. The second kappa shape index (κ2) is 9.38. The molecule has 2 heterocycles. The van der Waals surface area contributed by atoms with Gasteiger partial charge in [0.05, 0.1) is 11.3 Å². The van der Waals surface area contributed by atoms with Gasteiger partial charge in [-0.25, -0.2) is 0 Å². The molecule has 0 fully saturated rings. The minimum absolute atomic E-state index is 0.1000. The summed E-state index contributed by atoms with van der Waals surface area (Å²) in [6, 6.07) is 2.31. The highest BCUT2D eigenvalue weighted by Gasteiger charge is 2.21. The van der Waals surface area contributed by atoms with Crippen molar-refractivity contribution in [2.45, 2.75) is 70.5 Å². The molecule has 3 rings (SSSR count). The number of anilines is 1. The van der Waals surface area contributed by atoms with Gasteiger partial charge >= 0.3 is 0 Å². The van der Waals surface area contributed by atoms with E-state index in [1.54, 1.807) is 11.3 Å². The molecule has 0 aliphatic heterocycles. The average Bonchev–Trinajstić information content (AvgIpc) is 3.12. The van der Waals surface area contributed by atoms with E-state index in [9.17, 15) is 10.1 Å². The van der Waals surface area contributed by atoms with E-state index in [2.05, 4.69) is 40.0 Å². The second-order valence-electron chi connectivity index (χ2n) is 6.62. The first-order chi connectivity index (χ1) is 13.2. The first kappa shape index (κ1) is 19.9. The monoisotopic (exact) mass is 403 g/mol. The molecular formula is C19H25N5OS2. The predicted molar refractivity (Wildman–Crippen MR) is 109 cm³/mol. The lowest BCUT2D eigenvalue weighted by Crippen LogP contribution is -2.15. The van der Waals surface area contributed by atoms with Crippen molar-refractivity contribution >= 4 is 34.0 Å². The quantitative estimate of drug-likeness (QED) is 0.554.